The number of aromatic nitrogens is 3. The summed E-state index contributed by atoms with van der Waals surface area (Å²) in [6.45, 7) is 4.56. The Morgan fingerprint density at radius 3 is 2.64 bits per heavy atom. The highest BCUT2D eigenvalue weighted by atomic mass is 32.1. The van der Waals surface area contributed by atoms with Crippen LogP contribution >= 0.6 is 11.3 Å². The van der Waals surface area contributed by atoms with Gasteiger partial charge in [0.2, 0.25) is 0 Å². The number of alkyl halides is 3. The molecule has 3 aromatic rings. The minimum atomic E-state index is -4.50. The molecule has 1 aromatic carbocycles. The number of fused-ring (bicyclic) bond motifs is 1. The van der Waals surface area contributed by atoms with Crippen LogP contribution in [0.4, 0.5) is 18.3 Å². The number of hydrogen-bond donors (Lipinski definition) is 0. The molecular weight excluding hydrogens is 461 g/mol. The molecule has 8 nitrogen and oxygen atoms in total. The number of thiazole rings is 1. The van der Waals surface area contributed by atoms with Gasteiger partial charge in [-0.1, -0.05) is 23.5 Å². The summed E-state index contributed by atoms with van der Waals surface area (Å²) >= 11 is 1.18. The van der Waals surface area contributed by atoms with E-state index in [9.17, 15) is 22.8 Å². The van der Waals surface area contributed by atoms with Crippen LogP contribution < -0.4 is 10.5 Å². The van der Waals surface area contributed by atoms with Crippen molar-refractivity contribution in [1.29, 1.82) is 0 Å². The van der Waals surface area contributed by atoms with E-state index in [0.717, 1.165) is 6.07 Å². The first-order valence-corrected chi connectivity index (χ1v) is 11.0. The van der Waals surface area contributed by atoms with Crippen LogP contribution in [0.15, 0.2) is 23.0 Å². The number of hydrogen-bond acceptors (Lipinski definition) is 8. The van der Waals surface area contributed by atoms with E-state index in [1.807, 2.05) is 4.90 Å². The van der Waals surface area contributed by atoms with Crippen LogP contribution in [0.25, 0.3) is 10.3 Å². The van der Waals surface area contributed by atoms with Crippen molar-refractivity contribution in [2.75, 3.05) is 31.2 Å². The Kier molecular flexibility index (Phi) is 6.39. The zero-order valence-electron chi connectivity index (χ0n) is 17.9. The molecule has 4 rings (SSSR count). The molecule has 0 N–H and O–H groups in total. The van der Waals surface area contributed by atoms with Crippen LogP contribution in [0.1, 0.15) is 29.4 Å². The molecule has 12 heteroatoms. The molecule has 1 aliphatic heterocycles. The lowest BCUT2D eigenvalue weighted by atomic mass is 10.0. The van der Waals surface area contributed by atoms with E-state index in [1.165, 1.54) is 31.3 Å². The number of carbonyl (C=O) groups is 1. The maximum atomic E-state index is 13.4. The highest BCUT2D eigenvalue weighted by Gasteiger charge is 2.33. The number of carbonyl (C=O) groups excluding carboxylic acids is 1. The van der Waals surface area contributed by atoms with Crippen LogP contribution in [-0.2, 0) is 33.6 Å². The Labute approximate surface area is 190 Å². The summed E-state index contributed by atoms with van der Waals surface area (Å²) in [5.74, 6) is -0.461. The summed E-state index contributed by atoms with van der Waals surface area (Å²) in [6.07, 6.45) is -4.50. The Hall–Kier alpha value is -2.99. The Balaban J connectivity index is 1.84. The molecule has 1 fully saturated rings. The molecule has 0 saturated carbocycles. The lowest BCUT2D eigenvalue weighted by Gasteiger charge is -2.25. The number of esters is 1. The van der Waals surface area contributed by atoms with Gasteiger partial charge in [0.05, 0.1) is 25.3 Å². The third kappa shape index (κ3) is 4.86. The first-order chi connectivity index (χ1) is 15.6. The van der Waals surface area contributed by atoms with E-state index in [2.05, 4.69) is 9.97 Å². The highest BCUT2D eigenvalue weighted by Crippen LogP contribution is 2.34. The zero-order chi connectivity index (χ0) is 23.8. The van der Waals surface area contributed by atoms with Crippen molar-refractivity contribution in [3.8, 4) is 0 Å². The topological polar surface area (TPSA) is 86.6 Å². The molecule has 1 aliphatic rings. The van der Waals surface area contributed by atoms with E-state index < -0.39 is 23.3 Å². The van der Waals surface area contributed by atoms with Gasteiger partial charge in [-0.15, -0.1) is 0 Å². The van der Waals surface area contributed by atoms with Crippen molar-refractivity contribution < 1.29 is 27.4 Å². The summed E-state index contributed by atoms with van der Waals surface area (Å²) in [5.41, 5.74) is -0.513. The molecule has 2 aromatic heterocycles. The van der Waals surface area contributed by atoms with Crippen LogP contribution in [0.5, 0.6) is 0 Å². The van der Waals surface area contributed by atoms with Gasteiger partial charge in [-0.05, 0) is 24.1 Å². The van der Waals surface area contributed by atoms with Gasteiger partial charge >= 0.3 is 12.1 Å². The number of ether oxygens (including phenoxy) is 2. The Morgan fingerprint density at radius 1 is 1.24 bits per heavy atom. The van der Waals surface area contributed by atoms with Gasteiger partial charge in [-0.25, -0.2) is 4.98 Å². The van der Waals surface area contributed by atoms with Gasteiger partial charge in [0.25, 0.3) is 5.56 Å². The average Bonchev–Trinajstić information content (AvgIpc) is 3.21. The molecule has 0 unspecified atom stereocenters. The Morgan fingerprint density at radius 2 is 1.97 bits per heavy atom. The molecule has 0 aliphatic carbocycles. The second-order valence-corrected chi connectivity index (χ2v) is 8.51. The second-order valence-electron chi connectivity index (χ2n) is 7.54. The molecule has 0 spiro atoms. The smallest absolute Gasteiger partial charge is 0.416 e. The normalized spacial score (nSPS) is 14.6. The van der Waals surface area contributed by atoms with E-state index in [1.54, 1.807) is 10.6 Å². The molecule has 1 saturated heterocycles. The molecule has 0 amide bonds. The number of benzene rings is 1. The first-order valence-electron chi connectivity index (χ1n) is 10.2. The number of morpholine rings is 1. The van der Waals surface area contributed by atoms with Gasteiger partial charge in [0.15, 0.2) is 16.6 Å². The molecule has 33 heavy (non-hydrogen) atoms. The summed E-state index contributed by atoms with van der Waals surface area (Å²) < 4.78 is 52.5. The molecule has 0 atom stereocenters. The van der Waals surface area contributed by atoms with Gasteiger partial charge in [-0.2, -0.15) is 18.2 Å². The summed E-state index contributed by atoms with van der Waals surface area (Å²) in [5, 5.41) is 0.603. The summed E-state index contributed by atoms with van der Waals surface area (Å²) in [6, 6.07) is 3.95. The predicted octanol–water partition coefficient (Wildman–Crippen LogP) is 3.13. The number of nitrogens with zero attached hydrogens (tertiary/aromatic N) is 4. The third-order valence-corrected chi connectivity index (χ3v) is 6.45. The number of anilines is 1. The standard InChI is InChI=1S/C21H21F3N4O4S/c1-12-14(4-3-5-15(12)21(22,23)24)10-28-16(11-32-13(2)29)25-19(30)17-18(28)26-20(33-17)27-6-8-31-9-7-27/h3-5H,6-11H2,1-2H3. The molecule has 0 radical (unpaired) electrons. The van der Waals surface area contributed by atoms with Crippen molar-refractivity contribution in [3.05, 3.63) is 51.1 Å². The largest absolute Gasteiger partial charge is 0.458 e. The van der Waals surface area contributed by atoms with E-state index in [-0.39, 0.29) is 29.2 Å². The van der Waals surface area contributed by atoms with Crippen LogP contribution in [0, 0.1) is 6.92 Å². The lowest BCUT2D eigenvalue weighted by Crippen LogP contribution is -2.36. The predicted molar refractivity (Wildman–Crippen MR) is 115 cm³/mol. The minimum absolute atomic E-state index is 0.0254. The van der Waals surface area contributed by atoms with Crippen molar-refractivity contribution in [1.82, 2.24) is 14.5 Å². The van der Waals surface area contributed by atoms with Gasteiger partial charge in [-0.3, -0.25) is 9.59 Å². The Bertz CT molecular complexity index is 1250. The fourth-order valence-corrected chi connectivity index (χ4v) is 4.64. The van der Waals surface area contributed by atoms with Gasteiger partial charge < -0.3 is 18.9 Å². The maximum Gasteiger partial charge on any atom is 0.416 e. The molecule has 176 valence electrons. The quantitative estimate of drug-likeness (QED) is 0.517. The van der Waals surface area contributed by atoms with Crippen LogP contribution in [0.3, 0.4) is 0 Å². The maximum absolute atomic E-state index is 13.4. The van der Waals surface area contributed by atoms with E-state index >= 15 is 0 Å². The number of rotatable bonds is 5. The SMILES string of the molecule is CC(=O)OCc1nc(=O)c2sc(N3CCOCC3)nc2n1Cc1cccc(C(F)(F)F)c1C. The van der Waals surface area contributed by atoms with E-state index in [0.29, 0.717) is 42.6 Å². The molecule has 3 heterocycles. The van der Waals surface area contributed by atoms with E-state index in [4.69, 9.17) is 9.47 Å². The minimum Gasteiger partial charge on any atom is -0.458 e. The zero-order valence-corrected chi connectivity index (χ0v) is 18.8. The van der Waals surface area contributed by atoms with Crippen LogP contribution in [-0.4, -0.2) is 46.8 Å². The van der Waals surface area contributed by atoms with Crippen molar-refractivity contribution in [2.24, 2.45) is 0 Å². The first kappa shape index (κ1) is 23.2. The van der Waals surface area contributed by atoms with Crippen molar-refractivity contribution in [2.45, 2.75) is 33.2 Å². The fourth-order valence-electron chi connectivity index (χ4n) is 3.64. The van der Waals surface area contributed by atoms with Crippen molar-refractivity contribution in [3.63, 3.8) is 0 Å². The average molecular weight is 482 g/mol. The summed E-state index contributed by atoms with van der Waals surface area (Å²) in [7, 11) is 0. The monoisotopic (exact) mass is 482 g/mol. The fraction of sp³-hybridized carbons (Fsp3) is 0.429. The van der Waals surface area contributed by atoms with Crippen molar-refractivity contribution >= 4 is 32.8 Å². The highest BCUT2D eigenvalue weighted by molar-refractivity contribution is 7.22. The second kappa shape index (κ2) is 9.10. The summed E-state index contributed by atoms with van der Waals surface area (Å²) in [4.78, 5) is 34.8. The lowest BCUT2D eigenvalue weighted by molar-refractivity contribution is -0.142. The molecule has 0 bridgehead atoms. The van der Waals surface area contributed by atoms with Crippen LogP contribution in [0.2, 0.25) is 0 Å². The number of halogens is 3. The molecular formula is C21H21F3N4O4S. The van der Waals surface area contributed by atoms with Gasteiger partial charge in [0, 0.05) is 20.0 Å². The third-order valence-electron chi connectivity index (χ3n) is 5.36. The van der Waals surface area contributed by atoms with Gasteiger partial charge in [0.1, 0.15) is 11.3 Å².